The minimum Gasteiger partial charge on any atom is -0.393 e. The lowest BCUT2D eigenvalue weighted by atomic mass is 10.1. The molecule has 0 unspecified atom stereocenters. The zero-order chi connectivity index (χ0) is 12.5. The number of hydrogen-bond acceptors (Lipinski definition) is 4. The Labute approximate surface area is 87.0 Å². The van der Waals surface area contributed by atoms with Gasteiger partial charge in [0.2, 0.25) is 0 Å². The summed E-state index contributed by atoms with van der Waals surface area (Å²) in [6.07, 6.45) is -4.77. The zero-order valence-electron chi connectivity index (χ0n) is 7.58. The summed E-state index contributed by atoms with van der Waals surface area (Å²) in [7, 11) is 0. The number of nitrogens with zero attached hydrogens (tertiary/aromatic N) is 2. The van der Waals surface area contributed by atoms with Crippen LogP contribution >= 0.6 is 0 Å². The first-order valence-corrected chi connectivity index (χ1v) is 3.82. The maximum atomic E-state index is 12.4. The van der Waals surface area contributed by atoms with Crippen molar-refractivity contribution in [2.75, 3.05) is 5.73 Å². The molecule has 5 nitrogen and oxygen atoms in total. The normalized spacial score (nSPS) is 10.9. The van der Waals surface area contributed by atoms with Gasteiger partial charge in [0.05, 0.1) is 16.1 Å². The summed E-state index contributed by atoms with van der Waals surface area (Å²) in [6.45, 7) is 0. The van der Waals surface area contributed by atoms with E-state index < -0.39 is 33.6 Å². The van der Waals surface area contributed by atoms with Crippen molar-refractivity contribution < 1.29 is 18.1 Å². The predicted octanol–water partition coefficient (Wildman–Crippen LogP) is 2.07. The van der Waals surface area contributed by atoms with E-state index in [1.807, 2.05) is 0 Å². The molecular formula is C8H4F3N3O2. The molecule has 0 fully saturated rings. The first-order chi connectivity index (χ1) is 7.27. The van der Waals surface area contributed by atoms with Crippen LogP contribution in [0.1, 0.15) is 11.1 Å². The van der Waals surface area contributed by atoms with Crippen LogP contribution in [-0.2, 0) is 6.18 Å². The molecule has 0 heterocycles. The number of nitro benzene ring substituents is 1. The summed E-state index contributed by atoms with van der Waals surface area (Å²) in [4.78, 5) is 9.44. The summed E-state index contributed by atoms with van der Waals surface area (Å²) in [6, 6.07) is 2.14. The molecule has 0 aliphatic rings. The van der Waals surface area contributed by atoms with Gasteiger partial charge in [-0.15, -0.1) is 0 Å². The largest absolute Gasteiger partial charge is 0.417 e. The second kappa shape index (κ2) is 3.69. The van der Waals surface area contributed by atoms with Crippen LogP contribution < -0.4 is 5.73 Å². The number of hydrogen-bond donors (Lipinski definition) is 1. The van der Waals surface area contributed by atoms with Gasteiger partial charge in [0, 0.05) is 6.07 Å². The minimum atomic E-state index is -4.77. The average Bonchev–Trinajstić information content (AvgIpc) is 2.15. The Morgan fingerprint density at radius 2 is 2.00 bits per heavy atom. The van der Waals surface area contributed by atoms with Crippen molar-refractivity contribution in [3.63, 3.8) is 0 Å². The third kappa shape index (κ3) is 2.03. The molecule has 1 aromatic carbocycles. The molecule has 1 rings (SSSR count). The molecular weight excluding hydrogens is 227 g/mol. The molecule has 8 heteroatoms. The molecule has 0 amide bonds. The van der Waals surface area contributed by atoms with Gasteiger partial charge in [0.15, 0.2) is 0 Å². The Hall–Kier alpha value is -2.30. The number of anilines is 1. The third-order valence-electron chi connectivity index (χ3n) is 1.79. The van der Waals surface area contributed by atoms with Crippen LogP contribution in [0.4, 0.5) is 24.5 Å². The molecule has 0 atom stereocenters. The van der Waals surface area contributed by atoms with Crippen LogP contribution in [0.25, 0.3) is 0 Å². The van der Waals surface area contributed by atoms with Gasteiger partial charge in [0.1, 0.15) is 11.8 Å². The fraction of sp³-hybridized carbons (Fsp3) is 0.125. The number of nitriles is 1. The van der Waals surface area contributed by atoms with Crippen LogP contribution in [-0.4, -0.2) is 4.92 Å². The van der Waals surface area contributed by atoms with Crippen LogP contribution in [0.15, 0.2) is 12.1 Å². The molecule has 0 aromatic heterocycles. The maximum Gasteiger partial charge on any atom is 0.417 e. The van der Waals surface area contributed by atoms with Crippen LogP contribution in [0.2, 0.25) is 0 Å². The Bertz CT molecular complexity index is 491. The standard InChI is InChI=1S/C8H4F3N3O2/c9-8(10,11)5-2-6(13)7(14(15)16)1-4(5)3-12/h1-2H,13H2. The number of rotatable bonds is 1. The lowest BCUT2D eigenvalue weighted by Gasteiger charge is -2.09. The fourth-order valence-corrected chi connectivity index (χ4v) is 1.09. The van der Waals surface area contributed by atoms with Gasteiger partial charge in [-0.3, -0.25) is 10.1 Å². The van der Waals surface area contributed by atoms with Gasteiger partial charge < -0.3 is 5.73 Å². The lowest BCUT2D eigenvalue weighted by molar-refractivity contribution is -0.384. The van der Waals surface area contributed by atoms with Gasteiger partial charge in [-0.05, 0) is 6.07 Å². The summed E-state index contributed by atoms with van der Waals surface area (Å²) >= 11 is 0. The summed E-state index contributed by atoms with van der Waals surface area (Å²) in [5.41, 5.74) is 1.64. The molecule has 0 saturated heterocycles. The van der Waals surface area contributed by atoms with Crippen molar-refractivity contribution >= 4 is 11.4 Å². The van der Waals surface area contributed by atoms with E-state index in [0.717, 1.165) is 0 Å². The number of alkyl halides is 3. The average molecular weight is 231 g/mol. The molecule has 1 aromatic rings. The molecule has 84 valence electrons. The molecule has 0 radical (unpaired) electrons. The quantitative estimate of drug-likeness (QED) is 0.454. The summed E-state index contributed by atoms with van der Waals surface area (Å²) in [5, 5.41) is 18.9. The van der Waals surface area contributed by atoms with E-state index in [-0.39, 0.29) is 0 Å². The number of nitrogens with two attached hydrogens (primary N) is 1. The van der Waals surface area contributed by atoms with E-state index in [0.29, 0.717) is 12.1 Å². The molecule has 0 spiro atoms. The molecule has 0 aliphatic carbocycles. The zero-order valence-corrected chi connectivity index (χ0v) is 7.58. The highest BCUT2D eigenvalue weighted by molar-refractivity contribution is 5.64. The van der Waals surface area contributed by atoms with Crippen LogP contribution in [0, 0.1) is 21.4 Å². The van der Waals surface area contributed by atoms with Crippen molar-refractivity contribution in [2.24, 2.45) is 0 Å². The van der Waals surface area contributed by atoms with Crippen molar-refractivity contribution in [1.29, 1.82) is 5.26 Å². The second-order valence-corrected chi connectivity index (χ2v) is 2.82. The van der Waals surface area contributed by atoms with E-state index in [1.165, 1.54) is 6.07 Å². The highest BCUT2D eigenvalue weighted by Crippen LogP contribution is 2.36. The van der Waals surface area contributed by atoms with Crippen molar-refractivity contribution in [3.8, 4) is 6.07 Å². The van der Waals surface area contributed by atoms with Gasteiger partial charge in [-0.2, -0.15) is 18.4 Å². The SMILES string of the molecule is N#Cc1cc([N+](=O)[O-])c(N)cc1C(F)(F)F. The predicted molar refractivity (Wildman–Crippen MR) is 47.2 cm³/mol. The monoisotopic (exact) mass is 231 g/mol. The maximum absolute atomic E-state index is 12.4. The lowest BCUT2D eigenvalue weighted by Crippen LogP contribution is -2.10. The smallest absolute Gasteiger partial charge is 0.393 e. The van der Waals surface area contributed by atoms with E-state index in [9.17, 15) is 23.3 Å². The molecule has 0 bridgehead atoms. The minimum absolute atomic E-state index is 0.386. The first kappa shape index (κ1) is 11.8. The van der Waals surface area contributed by atoms with E-state index in [4.69, 9.17) is 11.0 Å². The highest BCUT2D eigenvalue weighted by atomic mass is 19.4. The Kier molecular flexibility index (Phi) is 2.72. The van der Waals surface area contributed by atoms with Crippen molar-refractivity contribution in [2.45, 2.75) is 6.18 Å². The highest BCUT2D eigenvalue weighted by Gasteiger charge is 2.35. The Morgan fingerprint density at radius 1 is 1.44 bits per heavy atom. The van der Waals surface area contributed by atoms with E-state index >= 15 is 0 Å². The van der Waals surface area contributed by atoms with Crippen LogP contribution in [0.5, 0.6) is 0 Å². The number of benzene rings is 1. The number of nitro groups is 1. The summed E-state index contributed by atoms with van der Waals surface area (Å²) < 4.78 is 37.1. The summed E-state index contributed by atoms with van der Waals surface area (Å²) in [5.74, 6) is 0. The Balaban J connectivity index is 3.52. The van der Waals surface area contributed by atoms with Crippen molar-refractivity contribution in [3.05, 3.63) is 33.4 Å². The number of halogens is 3. The molecule has 0 saturated carbocycles. The topological polar surface area (TPSA) is 92.9 Å². The third-order valence-corrected chi connectivity index (χ3v) is 1.79. The van der Waals surface area contributed by atoms with E-state index in [1.54, 1.807) is 0 Å². The van der Waals surface area contributed by atoms with Gasteiger partial charge in [-0.25, -0.2) is 0 Å². The Morgan fingerprint density at radius 3 is 2.38 bits per heavy atom. The molecule has 16 heavy (non-hydrogen) atoms. The second-order valence-electron chi connectivity index (χ2n) is 2.82. The molecule has 0 aliphatic heterocycles. The van der Waals surface area contributed by atoms with Gasteiger partial charge in [0.25, 0.3) is 5.69 Å². The van der Waals surface area contributed by atoms with Crippen molar-refractivity contribution in [1.82, 2.24) is 0 Å². The van der Waals surface area contributed by atoms with Gasteiger partial charge in [-0.1, -0.05) is 0 Å². The van der Waals surface area contributed by atoms with Crippen LogP contribution in [0.3, 0.4) is 0 Å². The fourth-order valence-electron chi connectivity index (χ4n) is 1.09. The number of nitrogen functional groups attached to an aromatic ring is 1. The van der Waals surface area contributed by atoms with Gasteiger partial charge >= 0.3 is 6.18 Å². The van der Waals surface area contributed by atoms with E-state index in [2.05, 4.69) is 0 Å². The molecule has 2 N–H and O–H groups in total. The first-order valence-electron chi connectivity index (χ1n) is 3.82.